The molecule has 0 radical (unpaired) electrons. The van der Waals surface area contributed by atoms with Crippen LogP contribution in [0.5, 0.6) is 34.5 Å². The van der Waals surface area contributed by atoms with Crippen molar-refractivity contribution in [1.29, 1.82) is 0 Å². The number of carbonyl (C=O) groups excluding carboxylic acids is 2. The van der Waals surface area contributed by atoms with Gasteiger partial charge >= 0.3 is 11.9 Å². The third-order valence-corrected chi connectivity index (χ3v) is 18.6. The van der Waals surface area contributed by atoms with Crippen LogP contribution >= 0.6 is 0 Å². The van der Waals surface area contributed by atoms with Gasteiger partial charge in [-0.2, -0.15) is 0 Å². The van der Waals surface area contributed by atoms with Gasteiger partial charge in [0.1, 0.15) is 66.5 Å². The van der Waals surface area contributed by atoms with Crippen molar-refractivity contribution >= 4 is 18.0 Å². The van der Waals surface area contributed by atoms with Gasteiger partial charge in [0.2, 0.25) is 0 Å². The molecule has 11 heteroatoms. The molecule has 0 spiro atoms. The fourth-order valence-electron chi connectivity index (χ4n) is 12.8. The standard InChI is InChI=1S/C35H44O4.C26H36O4.C24H34O3/c1-11-31(39-32(36)13-12-28-15-22(2)14-23(3)16-28)21-38-34-26(6)19-30(20-27(34)7)35(8,9)29-17-24(4)33(37-10)25(5)18-29;1-10-23(30-20(6)27)15-29-25-18(4)13-22(14-19(25)5)26(7,8)21-11-16(2)24(28-9)17(3)12-21;1-9-21(25)14-27-23-17(4)12-20(13-18(23)5)24(6,7)19-10-15(2)22(26-8)16(3)11-19/h12-20,31H,11,21H2,1-10H3;11-14,23H,10,15H2,1-9H3;10-13,21,25H,9,14H2,1-8H3. The fraction of sp³-hybridized carbons (Fsp3) is 0.459. The summed E-state index contributed by atoms with van der Waals surface area (Å²) in [5, 5.41) is 9.79. The smallest absolute Gasteiger partial charge is 0.331 e. The first-order valence-electron chi connectivity index (χ1n) is 34.0. The van der Waals surface area contributed by atoms with Crippen LogP contribution in [0.3, 0.4) is 0 Å². The number of aliphatic hydroxyl groups excluding tert-OH is 1. The van der Waals surface area contributed by atoms with Crippen LogP contribution in [0.2, 0.25) is 0 Å². The maximum absolute atomic E-state index is 12.5. The molecule has 0 bridgehead atoms. The molecule has 3 atom stereocenters. The van der Waals surface area contributed by atoms with Crippen LogP contribution < -0.4 is 28.4 Å². The number of esters is 2. The first kappa shape index (κ1) is 78.7. The van der Waals surface area contributed by atoms with Crippen molar-refractivity contribution in [2.24, 2.45) is 0 Å². The summed E-state index contributed by atoms with van der Waals surface area (Å²) in [5.74, 6) is 4.80. The Labute approximate surface area is 577 Å². The number of ether oxygens (including phenoxy) is 8. The summed E-state index contributed by atoms with van der Waals surface area (Å²) in [6, 6.07) is 32.7. The van der Waals surface area contributed by atoms with Crippen molar-refractivity contribution in [2.45, 2.75) is 220 Å². The Kier molecular flexibility index (Phi) is 28.1. The molecule has 3 unspecified atom stereocenters. The van der Waals surface area contributed by atoms with Gasteiger partial charge in [-0.1, -0.05) is 164 Å². The average molecular weight is 1310 g/mol. The van der Waals surface area contributed by atoms with E-state index in [4.69, 9.17) is 37.9 Å². The van der Waals surface area contributed by atoms with Crippen LogP contribution in [0.15, 0.2) is 97.1 Å². The van der Waals surface area contributed by atoms with Gasteiger partial charge in [-0.05, 0) is 228 Å². The fourth-order valence-corrected chi connectivity index (χ4v) is 12.8. The largest absolute Gasteiger partial charge is 0.496 e. The third-order valence-electron chi connectivity index (χ3n) is 18.6. The molecule has 1 N–H and O–H groups in total. The van der Waals surface area contributed by atoms with Gasteiger partial charge < -0.3 is 43.0 Å². The number of hydrogen-bond donors (Lipinski definition) is 1. The minimum atomic E-state index is -0.426. The zero-order chi connectivity index (χ0) is 71.9. The van der Waals surface area contributed by atoms with Crippen molar-refractivity contribution in [3.8, 4) is 34.5 Å². The molecule has 0 amide bonds. The zero-order valence-corrected chi connectivity index (χ0v) is 63.3. The molecule has 0 saturated heterocycles. The summed E-state index contributed by atoms with van der Waals surface area (Å²) in [6.45, 7) is 51.0. The lowest BCUT2D eigenvalue weighted by Crippen LogP contribution is -2.24. The molecule has 0 aromatic heterocycles. The maximum atomic E-state index is 12.5. The Hall–Kier alpha value is -8.02. The van der Waals surface area contributed by atoms with E-state index in [0.29, 0.717) is 32.7 Å². The monoisotopic (exact) mass is 1310 g/mol. The quantitative estimate of drug-likeness (QED) is 0.0434. The van der Waals surface area contributed by atoms with E-state index >= 15 is 0 Å². The van der Waals surface area contributed by atoms with E-state index in [1.54, 1.807) is 27.4 Å². The highest BCUT2D eigenvalue weighted by Gasteiger charge is 2.30. The van der Waals surface area contributed by atoms with E-state index in [0.717, 1.165) is 124 Å². The Morgan fingerprint density at radius 2 is 0.625 bits per heavy atom. The van der Waals surface area contributed by atoms with Crippen molar-refractivity contribution in [3.05, 3.63) is 214 Å². The first-order valence-corrected chi connectivity index (χ1v) is 34.0. The third kappa shape index (κ3) is 20.0. The number of hydrogen-bond acceptors (Lipinski definition) is 11. The van der Waals surface area contributed by atoms with Gasteiger partial charge in [-0.3, -0.25) is 4.79 Å². The van der Waals surface area contributed by atoms with Crippen LogP contribution in [-0.2, 0) is 35.3 Å². The van der Waals surface area contributed by atoms with Crippen LogP contribution in [0.4, 0.5) is 0 Å². The van der Waals surface area contributed by atoms with Crippen LogP contribution in [0.1, 0.15) is 205 Å². The molecule has 7 rings (SSSR count). The molecule has 0 fully saturated rings. The van der Waals surface area contributed by atoms with Crippen LogP contribution in [0, 0.1) is 96.9 Å². The summed E-state index contributed by atoms with van der Waals surface area (Å²) in [7, 11) is 5.16. The topological polar surface area (TPSA) is 128 Å². The minimum absolute atomic E-state index is 0.140. The number of aliphatic hydroxyl groups is 1. The van der Waals surface area contributed by atoms with Crippen LogP contribution in [0.25, 0.3) is 6.08 Å². The highest BCUT2D eigenvalue weighted by molar-refractivity contribution is 5.87. The lowest BCUT2D eigenvalue weighted by atomic mass is 9.76. The predicted molar refractivity (Wildman–Crippen MR) is 395 cm³/mol. The summed E-state index contributed by atoms with van der Waals surface area (Å²) in [4.78, 5) is 23.8. The number of benzene rings is 7. The number of rotatable bonds is 25. The van der Waals surface area contributed by atoms with E-state index < -0.39 is 6.10 Å². The van der Waals surface area contributed by atoms with Crippen molar-refractivity contribution in [1.82, 2.24) is 0 Å². The molecular formula is C85H114O11. The van der Waals surface area contributed by atoms with Gasteiger partial charge in [0.25, 0.3) is 0 Å². The van der Waals surface area contributed by atoms with Gasteiger partial charge in [0, 0.05) is 29.2 Å². The number of aryl methyl sites for hydroxylation is 14. The van der Waals surface area contributed by atoms with E-state index in [1.165, 1.54) is 46.4 Å². The first-order chi connectivity index (χ1) is 45.0. The SMILES string of the molecule is CCC(COc1c(C)cc(C(C)(C)c2cc(C)c(OC)c(C)c2)cc1C)OC(=O)C=Cc1cc(C)cc(C)c1.CCC(COc1c(C)cc(C(C)(C)c2cc(C)c(OC)c(C)c2)cc1C)OC(C)=O.CCC(O)COc1c(C)cc(C(C)(C)c2cc(C)c(OC)c(C)c2)cc1C. The van der Waals surface area contributed by atoms with Gasteiger partial charge in [0.05, 0.1) is 27.4 Å². The molecule has 7 aromatic rings. The molecule has 0 aliphatic rings. The highest BCUT2D eigenvalue weighted by Crippen LogP contribution is 2.42. The molecule has 96 heavy (non-hydrogen) atoms. The summed E-state index contributed by atoms with van der Waals surface area (Å²) < 4.78 is 45.8. The maximum Gasteiger partial charge on any atom is 0.331 e. The van der Waals surface area contributed by atoms with E-state index in [2.05, 4.69) is 203 Å². The predicted octanol–water partition coefficient (Wildman–Crippen LogP) is 19.7. The highest BCUT2D eigenvalue weighted by atomic mass is 16.6. The summed E-state index contributed by atoms with van der Waals surface area (Å²) >= 11 is 0. The molecule has 7 aromatic carbocycles. The Bertz CT molecular complexity index is 3700. The Morgan fingerprint density at radius 1 is 0.375 bits per heavy atom. The van der Waals surface area contributed by atoms with Crippen molar-refractivity contribution in [2.75, 3.05) is 41.2 Å². The van der Waals surface area contributed by atoms with Gasteiger partial charge in [-0.15, -0.1) is 0 Å². The average Bonchev–Trinajstić information content (AvgIpc) is 0.795. The zero-order valence-electron chi connectivity index (χ0n) is 63.3. The summed E-state index contributed by atoms with van der Waals surface area (Å²) in [5.41, 5.74) is 23.7. The second-order valence-corrected chi connectivity index (χ2v) is 28.0. The van der Waals surface area contributed by atoms with Crippen molar-refractivity contribution in [3.63, 3.8) is 0 Å². The molecule has 11 nitrogen and oxygen atoms in total. The molecule has 0 aliphatic carbocycles. The normalized spacial score (nSPS) is 12.5. The Balaban J connectivity index is 0.000000266. The second kappa shape index (κ2) is 34.3. The molecule has 0 saturated carbocycles. The number of carbonyl (C=O) groups is 2. The Morgan fingerprint density at radius 3 is 0.865 bits per heavy atom. The molecule has 0 aliphatic heterocycles. The number of methoxy groups -OCH3 is 3. The van der Waals surface area contributed by atoms with Gasteiger partial charge in [-0.25, -0.2) is 4.79 Å². The van der Waals surface area contributed by atoms with Crippen LogP contribution in [-0.4, -0.2) is 76.5 Å². The molecule has 520 valence electrons. The van der Waals surface area contributed by atoms with E-state index in [-0.39, 0.29) is 40.4 Å². The van der Waals surface area contributed by atoms with Crippen molar-refractivity contribution < 1.29 is 52.6 Å². The molecule has 0 heterocycles. The lowest BCUT2D eigenvalue weighted by molar-refractivity contribution is -0.148. The summed E-state index contributed by atoms with van der Waals surface area (Å²) in [6.07, 6.45) is 4.39. The minimum Gasteiger partial charge on any atom is -0.496 e. The van der Waals surface area contributed by atoms with Gasteiger partial charge in [0.15, 0.2) is 0 Å². The molecular weight excluding hydrogens is 1200 g/mol. The van der Waals surface area contributed by atoms with E-state index in [9.17, 15) is 14.7 Å². The second-order valence-electron chi connectivity index (χ2n) is 28.0. The van der Waals surface area contributed by atoms with E-state index in [1.807, 2.05) is 46.8 Å². The lowest BCUT2D eigenvalue weighted by Gasteiger charge is -2.29.